The van der Waals surface area contributed by atoms with Crippen LogP contribution in [0.2, 0.25) is 0 Å². The molecular formula is C27H30N2O3. The Morgan fingerprint density at radius 1 is 0.844 bits per heavy atom. The molecule has 0 spiro atoms. The number of hydrogen-bond donors (Lipinski definition) is 0. The van der Waals surface area contributed by atoms with Gasteiger partial charge in [0.25, 0.3) is 5.91 Å². The molecule has 1 heterocycles. The van der Waals surface area contributed by atoms with Gasteiger partial charge in [0.2, 0.25) is 5.91 Å². The van der Waals surface area contributed by atoms with Gasteiger partial charge < -0.3 is 14.5 Å². The van der Waals surface area contributed by atoms with E-state index in [2.05, 4.69) is 0 Å². The van der Waals surface area contributed by atoms with Crippen molar-refractivity contribution < 1.29 is 14.3 Å². The Bertz CT molecular complexity index is 1070. The van der Waals surface area contributed by atoms with Crippen molar-refractivity contribution >= 4 is 22.6 Å². The lowest BCUT2D eigenvalue weighted by molar-refractivity contribution is -0.131. The number of ether oxygens (including phenoxy) is 1. The lowest BCUT2D eigenvalue weighted by Crippen LogP contribution is -2.37. The quantitative estimate of drug-likeness (QED) is 0.534. The maximum Gasteiger partial charge on any atom is 0.254 e. The number of nitrogens with zero attached hydrogens (tertiary/aromatic N) is 2. The standard InChI is InChI=1S/C27H30N2O3/c1-21-12-14-23(15-13-21)32-20-5-11-26(30)28-16-6-17-29(19-18-28)27(31)25-10-4-8-22-7-2-3-9-24(22)25/h2-4,7-10,12-15H,5-6,11,16-20H2,1H3. The molecular weight excluding hydrogens is 400 g/mol. The van der Waals surface area contributed by atoms with Crippen molar-refractivity contribution in [3.8, 4) is 5.75 Å². The second kappa shape index (κ2) is 10.3. The summed E-state index contributed by atoms with van der Waals surface area (Å²) in [6.07, 6.45) is 1.94. The van der Waals surface area contributed by atoms with Gasteiger partial charge in [-0.25, -0.2) is 0 Å². The van der Waals surface area contributed by atoms with Crippen molar-refractivity contribution in [1.29, 1.82) is 0 Å². The summed E-state index contributed by atoms with van der Waals surface area (Å²) in [7, 11) is 0. The Kier molecular flexibility index (Phi) is 7.05. The predicted molar refractivity (Wildman–Crippen MR) is 127 cm³/mol. The first-order chi connectivity index (χ1) is 15.6. The molecule has 2 amide bonds. The number of carbonyl (C=O) groups excluding carboxylic acids is 2. The highest BCUT2D eigenvalue weighted by Crippen LogP contribution is 2.21. The van der Waals surface area contributed by atoms with E-state index in [1.165, 1.54) is 5.56 Å². The molecule has 1 aliphatic rings. The summed E-state index contributed by atoms with van der Waals surface area (Å²) in [4.78, 5) is 29.7. The van der Waals surface area contributed by atoms with Gasteiger partial charge in [0.15, 0.2) is 0 Å². The summed E-state index contributed by atoms with van der Waals surface area (Å²) in [6.45, 7) is 5.07. The van der Waals surface area contributed by atoms with E-state index in [1.54, 1.807) is 0 Å². The number of benzene rings is 3. The molecule has 0 N–H and O–H groups in total. The van der Waals surface area contributed by atoms with Crippen LogP contribution in [0, 0.1) is 6.92 Å². The molecule has 166 valence electrons. The largest absolute Gasteiger partial charge is 0.494 e. The highest BCUT2D eigenvalue weighted by atomic mass is 16.5. The molecule has 0 bridgehead atoms. The zero-order chi connectivity index (χ0) is 22.3. The first-order valence-electron chi connectivity index (χ1n) is 11.4. The first-order valence-corrected chi connectivity index (χ1v) is 11.4. The van der Waals surface area contributed by atoms with E-state index in [-0.39, 0.29) is 11.8 Å². The van der Waals surface area contributed by atoms with Gasteiger partial charge in [-0.2, -0.15) is 0 Å². The van der Waals surface area contributed by atoms with E-state index in [1.807, 2.05) is 83.5 Å². The molecule has 4 rings (SSSR count). The van der Waals surface area contributed by atoms with Crippen molar-refractivity contribution in [1.82, 2.24) is 9.80 Å². The number of hydrogen-bond acceptors (Lipinski definition) is 3. The minimum absolute atomic E-state index is 0.0441. The van der Waals surface area contributed by atoms with Gasteiger partial charge in [0, 0.05) is 38.2 Å². The van der Waals surface area contributed by atoms with Gasteiger partial charge in [-0.1, -0.05) is 54.1 Å². The second-order valence-electron chi connectivity index (χ2n) is 8.32. The smallest absolute Gasteiger partial charge is 0.254 e. The molecule has 3 aromatic carbocycles. The third-order valence-electron chi connectivity index (χ3n) is 5.98. The lowest BCUT2D eigenvalue weighted by atomic mass is 10.0. The molecule has 1 aliphatic heterocycles. The van der Waals surface area contributed by atoms with Crippen LogP contribution in [-0.2, 0) is 4.79 Å². The molecule has 0 aromatic heterocycles. The van der Waals surface area contributed by atoms with Gasteiger partial charge >= 0.3 is 0 Å². The molecule has 0 atom stereocenters. The molecule has 0 unspecified atom stereocenters. The third-order valence-corrected chi connectivity index (χ3v) is 5.98. The van der Waals surface area contributed by atoms with E-state index < -0.39 is 0 Å². The van der Waals surface area contributed by atoms with Crippen LogP contribution < -0.4 is 4.74 Å². The van der Waals surface area contributed by atoms with E-state index in [9.17, 15) is 9.59 Å². The maximum absolute atomic E-state index is 13.2. The van der Waals surface area contributed by atoms with E-state index in [4.69, 9.17) is 4.74 Å². The van der Waals surface area contributed by atoms with Crippen LogP contribution in [0.1, 0.15) is 35.2 Å². The van der Waals surface area contributed by atoms with Gasteiger partial charge in [0.05, 0.1) is 6.61 Å². The van der Waals surface area contributed by atoms with E-state index >= 15 is 0 Å². The van der Waals surface area contributed by atoms with E-state index in [0.717, 1.165) is 28.5 Å². The Balaban J connectivity index is 1.28. The van der Waals surface area contributed by atoms with Crippen LogP contribution in [0.15, 0.2) is 66.7 Å². The molecule has 1 fully saturated rings. The van der Waals surface area contributed by atoms with Crippen molar-refractivity contribution in [3.63, 3.8) is 0 Å². The van der Waals surface area contributed by atoms with Crippen LogP contribution in [0.3, 0.4) is 0 Å². The second-order valence-corrected chi connectivity index (χ2v) is 8.32. The third kappa shape index (κ3) is 5.28. The van der Waals surface area contributed by atoms with E-state index in [0.29, 0.717) is 45.6 Å². The SMILES string of the molecule is Cc1ccc(OCCCC(=O)N2CCCN(C(=O)c3cccc4ccccc34)CC2)cc1. The van der Waals surface area contributed by atoms with Crippen molar-refractivity contribution in [2.75, 3.05) is 32.8 Å². The molecule has 5 nitrogen and oxygen atoms in total. The van der Waals surface area contributed by atoms with Crippen molar-refractivity contribution in [3.05, 3.63) is 77.9 Å². The molecule has 1 saturated heterocycles. The summed E-state index contributed by atoms with van der Waals surface area (Å²) in [5, 5.41) is 2.04. The number of carbonyl (C=O) groups is 2. The monoisotopic (exact) mass is 430 g/mol. The fourth-order valence-corrected chi connectivity index (χ4v) is 4.16. The fourth-order valence-electron chi connectivity index (χ4n) is 4.16. The molecule has 0 radical (unpaired) electrons. The molecule has 3 aromatic rings. The van der Waals surface area contributed by atoms with Crippen LogP contribution in [0.5, 0.6) is 5.75 Å². The number of rotatable bonds is 6. The highest BCUT2D eigenvalue weighted by molar-refractivity contribution is 6.07. The van der Waals surface area contributed by atoms with Crippen LogP contribution in [0.4, 0.5) is 0 Å². The number of aryl methyl sites for hydroxylation is 1. The van der Waals surface area contributed by atoms with Crippen LogP contribution in [-0.4, -0.2) is 54.4 Å². The van der Waals surface area contributed by atoms with Crippen molar-refractivity contribution in [2.24, 2.45) is 0 Å². The minimum Gasteiger partial charge on any atom is -0.494 e. The number of fused-ring (bicyclic) bond motifs is 1. The Labute approximate surface area is 189 Å². The summed E-state index contributed by atoms with van der Waals surface area (Å²) in [5.41, 5.74) is 1.93. The lowest BCUT2D eigenvalue weighted by Gasteiger charge is -2.23. The Morgan fingerprint density at radius 3 is 2.41 bits per heavy atom. The molecule has 5 heteroatoms. The molecule has 32 heavy (non-hydrogen) atoms. The average molecular weight is 431 g/mol. The zero-order valence-electron chi connectivity index (χ0n) is 18.6. The predicted octanol–water partition coefficient (Wildman–Crippen LogP) is 4.68. The van der Waals surface area contributed by atoms with Gasteiger partial charge in [-0.15, -0.1) is 0 Å². The summed E-state index contributed by atoms with van der Waals surface area (Å²) in [5.74, 6) is 1.01. The van der Waals surface area contributed by atoms with Gasteiger partial charge in [-0.05, 0) is 48.7 Å². The summed E-state index contributed by atoms with van der Waals surface area (Å²) in [6, 6.07) is 21.8. The maximum atomic E-state index is 13.2. The van der Waals surface area contributed by atoms with Crippen molar-refractivity contribution in [2.45, 2.75) is 26.2 Å². The fraction of sp³-hybridized carbons (Fsp3) is 0.333. The zero-order valence-corrected chi connectivity index (χ0v) is 18.6. The topological polar surface area (TPSA) is 49.9 Å². The molecule has 0 aliphatic carbocycles. The molecule has 0 saturated carbocycles. The number of amides is 2. The first kappa shape index (κ1) is 21.9. The Hall–Kier alpha value is -3.34. The van der Waals surface area contributed by atoms with Gasteiger partial charge in [0.1, 0.15) is 5.75 Å². The van der Waals surface area contributed by atoms with Crippen LogP contribution >= 0.6 is 0 Å². The normalized spacial score (nSPS) is 14.3. The average Bonchev–Trinajstić information content (AvgIpc) is 3.08. The Morgan fingerprint density at radius 2 is 1.56 bits per heavy atom. The highest BCUT2D eigenvalue weighted by Gasteiger charge is 2.23. The van der Waals surface area contributed by atoms with Gasteiger partial charge in [-0.3, -0.25) is 9.59 Å². The summed E-state index contributed by atoms with van der Waals surface area (Å²) < 4.78 is 5.73. The van der Waals surface area contributed by atoms with Crippen LogP contribution in [0.25, 0.3) is 10.8 Å². The summed E-state index contributed by atoms with van der Waals surface area (Å²) >= 11 is 0. The minimum atomic E-state index is 0.0441.